The van der Waals surface area contributed by atoms with Crippen LogP contribution in [-0.4, -0.2) is 33.3 Å². The van der Waals surface area contributed by atoms with Crippen molar-refractivity contribution in [3.63, 3.8) is 0 Å². The molecule has 0 aliphatic carbocycles. The normalized spacial score (nSPS) is 16.2. The minimum absolute atomic E-state index is 0.239. The number of nitrogens with one attached hydrogen (secondary N) is 1. The number of nitrogens with two attached hydrogens (primary N) is 1. The van der Waals surface area contributed by atoms with Gasteiger partial charge in [0.15, 0.2) is 0 Å². The molecule has 9 heteroatoms. The number of aryl methyl sites for hydroxylation is 1. The van der Waals surface area contributed by atoms with Gasteiger partial charge in [0.2, 0.25) is 5.95 Å². The van der Waals surface area contributed by atoms with Gasteiger partial charge in [-0.25, -0.2) is 0 Å². The Morgan fingerprint density at radius 3 is 2.52 bits per heavy atom. The zero-order valence-corrected chi connectivity index (χ0v) is 14.7. The first-order valence-electron chi connectivity index (χ1n) is 8.72. The zero-order valence-electron chi connectivity index (χ0n) is 14.7. The van der Waals surface area contributed by atoms with E-state index in [2.05, 4.69) is 25.1 Å². The number of anilines is 2. The zero-order chi connectivity index (χ0) is 19.2. The van der Waals surface area contributed by atoms with E-state index in [9.17, 15) is 13.2 Å². The molecule has 1 aliphatic heterocycles. The lowest BCUT2D eigenvalue weighted by Gasteiger charge is -2.33. The minimum atomic E-state index is -4.38. The summed E-state index contributed by atoms with van der Waals surface area (Å²) in [6, 6.07) is 5.69. The Bertz CT molecular complexity index is 973. The summed E-state index contributed by atoms with van der Waals surface area (Å²) in [5.74, 6) is 1.28. The smallest absolute Gasteiger partial charge is 0.371 e. The van der Waals surface area contributed by atoms with Crippen molar-refractivity contribution in [2.75, 3.05) is 23.7 Å². The quantitative estimate of drug-likeness (QED) is 0.713. The molecule has 0 atom stereocenters. The lowest BCUT2D eigenvalue weighted by Crippen LogP contribution is -2.33. The van der Waals surface area contributed by atoms with Crippen LogP contribution in [0.15, 0.2) is 24.3 Å². The molecule has 0 amide bonds. The number of rotatable bonds is 2. The van der Waals surface area contributed by atoms with Gasteiger partial charge in [0, 0.05) is 35.8 Å². The van der Waals surface area contributed by atoms with Crippen LogP contribution < -0.4 is 10.6 Å². The fourth-order valence-electron chi connectivity index (χ4n) is 3.64. The van der Waals surface area contributed by atoms with Crippen LogP contribution in [0.4, 0.5) is 24.8 Å². The molecule has 1 aliphatic rings. The van der Waals surface area contributed by atoms with Gasteiger partial charge >= 0.3 is 6.18 Å². The third-order valence-electron chi connectivity index (χ3n) is 4.99. The Kier molecular flexibility index (Phi) is 4.16. The number of hydrogen-bond donors (Lipinski definition) is 2. The van der Waals surface area contributed by atoms with Crippen molar-refractivity contribution < 1.29 is 13.2 Å². The standard InChI is InChI=1S/C18H19F3N6/c1-10-8-15(13-3-2-12(18(19,20)21)9-14(13)23-10)27-6-4-11(5-7-27)16-24-17(22)26-25-16/h2-3,8-9,11H,4-7H2,1H3,(H3,22,24,25,26). The number of benzene rings is 1. The Morgan fingerprint density at radius 2 is 1.89 bits per heavy atom. The predicted molar refractivity (Wildman–Crippen MR) is 96.5 cm³/mol. The number of halogens is 3. The van der Waals surface area contributed by atoms with E-state index in [4.69, 9.17) is 5.73 Å². The molecule has 3 aromatic rings. The van der Waals surface area contributed by atoms with Crippen LogP contribution in [0.1, 0.15) is 35.8 Å². The maximum atomic E-state index is 13.0. The van der Waals surface area contributed by atoms with E-state index in [0.717, 1.165) is 55.0 Å². The fourth-order valence-corrected chi connectivity index (χ4v) is 3.64. The van der Waals surface area contributed by atoms with E-state index in [1.807, 2.05) is 6.07 Å². The second-order valence-electron chi connectivity index (χ2n) is 6.85. The van der Waals surface area contributed by atoms with Crippen molar-refractivity contribution in [3.05, 3.63) is 41.3 Å². The third-order valence-corrected chi connectivity index (χ3v) is 4.99. The highest BCUT2D eigenvalue weighted by molar-refractivity contribution is 5.92. The number of alkyl halides is 3. The molecule has 3 heterocycles. The molecule has 0 spiro atoms. The molecule has 142 valence electrons. The number of piperidine rings is 1. The van der Waals surface area contributed by atoms with Crippen LogP contribution in [0, 0.1) is 6.92 Å². The summed E-state index contributed by atoms with van der Waals surface area (Å²) in [6.07, 6.45) is -2.66. The topological polar surface area (TPSA) is 83.7 Å². The largest absolute Gasteiger partial charge is 0.416 e. The first-order valence-corrected chi connectivity index (χ1v) is 8.72. The van der Waals surface area contributed by atoms with Gasteiger partial charge in [-0.1, -0.05) is 6.07 Å². The van der Waals surface area contributed by atoms with Gasteiger partial charge in [0.05, 0.1) is 11.1 Å². The number of aromatic nitrogens is 4. The predicted octanol–water partition coefficient (Wildman–Crippen LogP) is 3.65. The highest BCUT2D eigenvalue weighted by Crippen LogP contribution is 2.36. The van der Waals surface area contributed by atoms with Gasteiger partial charge in [-0.15, -0.1) is 5.10 Å². The van der Waals surface area contributed by atoms with Crippen LogP contribution in [0.3, 0.4) is 0 Å². The molecule has 2 aromatic heterocycles. The Labute approximate surface area is 153 Å². The minimum Gasteiger partial charge on any atom is -0.371 e. The second-order valence-corrected chi connectivity index (χ2v) is 6.85. The van der Waals surface area contributed by atoms with Gasteiger partial charge in [0.25, 0.3) is 0 Å². The maximum absolute atomic E-state index is 13.0. The number of pyridine rings is 1. The molecule has 0 radical (unpaired) electrons. The molecule has 4 rings (SSSR count). The van der Waals surface area contributed by atoms with Gasteiger partial charge in [-0.3, -0.25) is 10.1 Å². The average Bonchev–Trinajstić information content (AvgIpc) is 3.06. The van der Waals surface area contributed by atoms with E-state index < -0.39 is 11.7 Å². The molecule has 1 fully saturated rings. The molecule has 6 nitrogen and oxygen atoms in total. The average molecular weight is 376 g/mol. The summed E-state index contributed by atoms with van der Waals surface area (Å²) in [6.45, 7) is 3.34. The van der Waals surface area contributed by atoms with Crippen molar-refractivity contribution in [3.8, 4) is 0 Å². The van der Waals surface area contributed by atoms with Crippen LogP contribution in [0.2, 0.25) is 0 Å². The summed E-state index contributed by atoms with van der Waals surface area (Å²) < 4.78 is 39.0. The summed E-state index contributed by atoms with van der Waals surface area (Å²) in [5, 5.41) is 7.48. The van der Waals surface area contributed by atoms with Crippen LogP contribution in [-0.2, 0) is 6.18 Å². The van der Waals surface area contributed by atoms with Gasteiger partial charge < -0.3 is 10.6 Å². The molecule has 1 aromatic carbocycles. The maximum Gasteiger partial charge on any atom is 0.416 e. The van der Waals surface area contributed by atoms with Gasteiger partial charge in [-0.05, 0) is 38.0 Å². The van der Waals surface area contributed by atoms with Crippen LogP contribution >= 0.6 is 0 Å². The Morgan fingerprint density at radius 1 is 1.15 bits per heavy atom. The van der Waals surface area contributed by atoms with Crippen LogP contribution in [0.25, 0.3) is 10.9 Å². The highest BCUT2D eigenvalue weighted by Gasteiger charge is 2.31. The van der Waals surface area contributed by atoms with Crippen molar-refractivity contribution in [2.45, 2.75) is 31.9 Å². The van der Waals surface area contributed by atoms with Crippen molar-refractivity contribution in [2.24, 2.45) is 0 Å². The monoisotopic (exact) mass is 376 g/mol. The molecule has 3 N–H and O–H groups in total. The lowest BCUT2D eigenvalue weighted by atomic mass is 9.95. The number of H-pyrrole nitrogens is 1. The fraction of sp³-hybridized carbons (Fsp3) is 0.389. The molecule has 1 saturated heterocycles. The third kappa shape index (κ3) is 3.41. The molecule has 0 unspecified atom stereocenters. The molecule has 0 bridgehead atoms. The van der Waals surface area contributed by atoms with Gasteiger partial charge in [-0.2, -0.15) is 18.2 Å². The molecule has 27 heavy (non-hydrogen) atoms. The summed E-state index contributed by atoms with van der Waals surface area (Å²) in [5.41, 5.74) is 6.87. The van der Waals surface area contributed by atoms with Crippen LogP contribution in [0.5, 0.6) is 0 Å². The molecular formula is C18H19F3N6. The van der Waals surface area contributed by atoms with E-state index in [1.54, 1.807) is 6.92 Å². The van der Waals surface area contributed by atoms with Crippen molar-refractivity contribution in [1.82, 2.24) is 20.2 Å². The summed E-state index contributed by atoms with van der Waals surface area (Å²) in [7, 11) is 0. The summed E-state index contributed by atoms with van der Waals surface area (Å²) in [4.78, 5) is 10.7. The number of aromatic amines is 1. The number of hydrogen-bond acceptors (Lipinski definition) is 5. The summed E-state index contributed by atoms with van der Waals surface area (Å²) >= 11 is 0. The van der Waals surface area contributed by atoms with E-state index in [-0.39, 0.29) is 11.9 Å². The first-order chi connectivity index (χ1) is 12.8. The first kappa shape index (κ1) is 17.6. The Hall–Kier alpha value is -2.84. The van der Waals surface area contributed by atoms with Crippen molar-refractivity contribution >= 4 is 22.5 Å². The number of nitrogen functional groups attached to an aromatic ring is 1. The van der Waals surface area contributed by atoms with Crippen molar-refractivity contribution in [1.29, 1.82) is 0 Å². The second kappa shape index (κ2) is 6.40. The molecule has 0 saturated carbocycles. The van der Waals surface area contributed by atoms with E-state index >= 15 is 0 Å². The number of fused-ring (bicyclic) bond motifs is 1. The highest BCUT2D eigenvalue weighted by atomic mass is 19.4. The van der Waals surface area contributed by atoms with E-state index in [0.29, 0.717) is 11.2 Å². The Balaban J connectivity index is 1.62. The SMILES string of the molecule is Cc1cc(N2CCC(c3nc(N)n[nH]3)CC2)c2ccc(C(F)(F)F)cc2n1. The van der Waals surface area contributed by atoms with Gasteiger partial charge in [0.1, 0.15) is 5.82 Å². The lowest BCUT2D eigenvalue weighted by molar-refractivity contribution is -0.137. The molecular weight excluding hydrogens is 357 g/mol. The van der Waals surface area contributed by atoms with E-state index in [1.165, 1.54) is 6.07 Å². The number of nitrogens with zero attached hydrogens (tertiary/aromatic N) is 4.